The average Bonchev–Trinajstić information content (AvgIpc) is 2.17. The molecule has 1 aromatic heterocycles. The second kappa shape index (κ2) is 5.36. The van der Waals surface area contributed by atoms with Crippen molar-refractivity contribution in [3.63, 3.8) is 0 Å². The number of halogens is 2. The largest absolute Gasteiger partial charge is 0.478 e. The van der Waals surface area contributed by atoms with Gasteiger partial charge in [0.2, 0.25) is 5.88 Å². The lowest BCUT2D eigenvalue weighted by molar-refractivity contribution is 0.163. The van der Waals surface area contributed by atoms with Crippen LogP contribution in [-0.2, 0) is 0 Å². The Balaban J connectivity index is 2.46. The number of alkyl halides is 2. The van der Waals surface area contributed by atoms with Gasteiger partial charge >= 0.3 is 0 Å². The standard InChI is InChI=1S/C9H12F2N2O/c1-2-14-9-4-3-7(5-13-9)12-6-8(10)11/h3-5,8,12H,2,6H2,1H3. The van der Waals surface area contributed by atoms with Crippen molar-refractivity contribution in [2.45, 2.75) is 13.3 Å². The molecule has 0 bridgehead atoms. The van der Waals surface area contributed by atoms with Crippen LogP contribution in [0.15, 0.2) is 18.3 Å². The molecule has 0 spiro atoms. The highest BCUT2D eigenvalue weighted by atomic mass is 19.3. The Bertz CT molecular complexity index is 264. The fourth-order valence-electron chi connectivity index (χ4n) is 0.913. The van der Waals surface area contributed by atoms with E-state index >= 15 is 0 Å². The molecule has 0 amide bonds. The molecule has 1 rings (SSSR count). The van der Waals surface area contributed by atoms with Gasteiger partial charge in [0.25, 0.3) is 6.43 Å². The molecule has 0 fully saturated rings. The van der Waals surface area contributed by atoms with E-state index in [1.54, 1.807) is 12.1 Å². The van der Waals surface area contributed by atoms with Crippen LogP contribution in [0.2, 0.25) is 0 Å². The summed E-state index contributed by atoms with van der Waals surface area (Å²) in [6.45, 7) is 2.02. The van der Waals surface area contributed by atoms with Crippen molar-refractivity contribution in [1.29, 1.82) is 0 Å². The van der Waals surface area contributed by atoms with E-state index in [2.05, 4.69) is 10.3 Å². The monoisotopic (exact) mass is 202 g/mol. The van der Waals surface area contributed by atoms with Crippen LogP contribution in [0.25, 0.3) is 0 Å². The minimum atomic E-state index is -2.36. The first kappa shape index (κ1) is 10.7. The fourth-order valence-corrected chi connectivity index (χ4v) is 0.913. The van der Waals surface area contributed by atoms with Gasteiger partial charge in [-0.1, -0.05) is 0 Å². The van der Waals surface area contributed by atoms with Crippen LogP contribution in [0.3, 0.4) is 0 Å². The van der Waals surface area contributed by atoms with E-state index in [1.807, 2.05) is 6.92 Å². The van der Waals surface area contributed by atoms with E-state index in [1.165, 1.54) is 6.20 Å². The highest BCUT2D eigenvalue weighted by molar-refractivity contribution is 5.41. The Labute approximate surface area is 81.1 Å². The fraction of sp³-hybridized carbons (Fsp3) is 0.444. The molecule has 1 N–H and O–H groups in total. The number of pyridine rings is 1. The van der Waals surface area contributed by atoms with Crippen molar-refractivity contribution in [2.75, 3.05) is 18.5 Å². The van der Waals surface area contributed by atoms with Crippen molar-refractivity contribution in [2.24, 2.45) is 0 Å². The minimum absolute atomic E-state index is 0.365. The van der Waals surface area contributed by atoms with E-state index in [4.69, 9.17) is 4.74 Å². The zero-order valence-corrected chi connectivity index (χ0v) is 7.84. The van der Waals surface area contributed by atoms with Crippen molar-refractivity contribution < 1.29 is 13.5 Å². The molecule has 1 heterocycles. The summed E-state index contributed by atoms with van der Waals surface area (Å²) in [5, 5.41) is 2.55. The molecule has 0 aliphatic carbocycles. The Morgan fingerprint density at radius 3 is 2.79 bits per heavy atom. The SMILES string of the molecule is CCOc1ccc(NCC(F)F)cn1. The Hall–Kier alpha value is -1.39. The van der Waals surface area contributed by atoms with Gasteiger partial charge in [0.05, 0.1) is 25.0 Å². The third-order valence-electron chi connectivity index (χ3n) is 1.49. The summed E-state index contributed by atoms with van der Waals surface area (Å²) in [6, 6.07) is 3.29. The lowest BCUT2D eigenvalue weighted by Gasteiger charge is -2.06. The quantitative estimate of drug-likeness (QED) is 0.794. The van der Waals surface area contributed by atoms with E-state index < -0.39 is 6.43 Å². The third-order valence-corrected chi connectivity index (χ3v) is 1.49. The molecular weight excluding hydrogens is 190 g/mol. The van der Waals surface area contributed by atoms with E-state index in [-0.39, 0.29) is 6.54 Å². The summed E-state index contributed by atoms with van der Waals surface area (Å²) in [4.78, 5) is 3.92. The maximum atomic E-state index is 11.8. The Kier molecular flexibility index (Phi) is 4.10. The predicted molar refractivity (Wildman–Crippen MR) is 49.9 cm³/mol. The second-order valence-electron chi connectivity index (χ2n) is 2.59. The predicted octanol–water partition coefficient (Wildman–Crippen LogP) is 2.16. The van der Waals surface area contributed by atoms with Crippen molar-refractivity contribution >= 4 is 5.69 Å². The number of rotatable bonds is 5. The van der Waals surface area contributed by atoms with Crippen molar-refractivity contribution in [3.8, 4) is 5.88 Å². The molecule has 0 saturated heterocycles. The van der Waals surface area contributed by atoms with Gasteiger partial charge < -0.3 is 10.1 Å². The maximum absolute atomic E-state index is 11.8. The molecule has 0 aromatic carbocycles. The highest BCUT2D eigenvalue weighted by Crippen LogP contribution is 2.11. The van der Waals surface area contributed by atoms with Crippen molar-refractivity contribution in [1.82, 2.24) is 4.98 Å². The number of hydrogen-bond donors (Lipinski definition) is 1. The van der Waals surface area contributed by atoms with Gasteiger partial charge in [-0.2, -0.15) is 0 Å². The van der Waals surface area contributed by atoms with Crippen LogP contribution in [-0.4, -0.2) is 24.6 Å². The number of nitrogens with one attached hydrogen (secondary N) is 1. The molecule has 0 aliphatic heterocycles. The van der Waals surface area contributed by atoms with Crippen LogP contribution >= 0.6 is 0 Å². The van der Waals surface area contributed by atoms with Gasteiger partial charge in [0.1, 0.15) is 0 Å². The number of aromatic nitrogens is 1. The lowest BCUT2D eigenvalue weighted by atomic mass is 10.4. The van der Waals surface area contributed by atoms with Gasteiger partial charge in [-0.3, -0.25) is 0 Å². The molecule has 0 saturated carbocycles. The number of hydrogen-bond acceptors (Lipinski definition) is 3. The zero-order valence-electron chi connectivity index (χ0n) is 7.84. The van der Waals surface area contributed by atoms with Crippen LogP contribution < -0.4 is 10.1 Å². The molecule has 14 heavy (non-hydrogen) atoms. The summed E-state index contributed by atoms with van der Waals surface area (Å²) < 4.78 is 28.7. The molecule has 0 aliphatic rings. The van der Waals surface area contributed by atoms with Crippen LogP contribution in [0.5, 0.6) is 5.88 Å². The van der Waals surface area contributed by atoms with E-state index in [0.29, 0.717) is 18.2 Å². The molecule has 5 heteroatoms. The first-order chi connectivity index (χ1) is 6.72. The molecule has 3 nitrogen and oxygen atoms in total. The molecule has 78 valence electrons. The molecule has 1 aromatic rings. The van der Waals surface area contributed by atoms with Gasteiger partial charge in [-0.25, -0.2) is 13.8 Å². The van der Waals surface area contributed by atoms with E-state index in [9.17, 15) is 8.78 Å². The second-order valence-corrected chi connectivity index (χ2v) is 2.59. The Morgan fingerprint density at radius 1 is 1.50 bits per heavy atom. The Morgan fingerprint density at radius 2 is 2.29 bits per heavy atom. The average molecular weight is 202 g/mol. The molecule has 0 atom stereocenters. The van der Waals surface area contributed by atoms with Gasteiger partial charge in [0, 0.05) is 6.07 Å². The minimum Gasteiger partial charge on any atom is -0.478 e. The summed E-state index contributed by atoms with van der Waals surface area (Å²) in [7, 11) is 0. The zero-order chi connectivity index (χ0) is 10.4. The summed E-state index contributed by atoms with van der Waals surface area (Å²) in [5.41, 5.74) is 0.564. The third kappa shape index (κ3) is 3.55. The smallest absolute Gasteiger partial charge is 0.255 e. The van der Waals surface area contributed by atoms with Gasteiger partial charge in [0.15, 0.2) is 0 Å². The number of nitrogens with zero attached hydrogens (tertiary/aromatic N) is 1. The topological polar surface area (TPSA) is 34.1 Å². The molecule has 0 radical (unpaired) electrons. The summed E-state index contributed by atoms with van der Waals surface area (Å²) in [6.07, 6.45) is -0.894. The van der Waals surface area contributed by atoms with Crippen molar-refractivity contribution in [3.05, 3.63) is 18.3 Å². The van der Waals surface area contributed by atoms with Crippen LogP contribution in [0.4, 0.5) is 14.5 Å². The van der Waals surface area contributed by atoms with Gasteiger partial charge in [-0.15, -0.1) is 0 Å². The number of ether oxygens (including phenoxy) is 1. The highest BCUT2D eigenvalue weighted by Gasteiger charge is 2.01. The first-order valence-corrected chi connectivity index (χ1v) is 4.33. The molecular formula is C9H12F2N2O. The van der Waals surface area contributed by atoms with Gasteiger partial charge in [-0.05, 0) is 13.0 Å². The summed E-state index contributed by atoms with van der Waals surface area (Å²) >= 11 is 0. The maximum Gasteiger partial charge on any atom is 0.255 e. The van der Waals surface area contributed by atoms with E-state index in [0.717, 1.165) is 0 Å². The summed E-state index contributed by atoms with van der Waals surface area (Å²) in [5.74, 6) is 0.495. The lowest BCUT2D eigenvalue weighted by Crippen LogP contribution is -2.10. The van der Waals surface area contributed by atoms with Crippen LogP contribution in [0, 0.1) is 0 Å². The first-order valence-electron chi connectivity index (χ1n) is 4.33. The van der Waals surface area contributed by atoms with Crippen LogP contribution in [0.1, 0.15) is 6.92 Å². The number of anilines is 1. The normalized spacial score (nSPS) is 10.3. The molecule has 0 unspecified atom stereocenters.